The molecule has 0 aliphatic carbocycles. The van der Waals surface area contributed by atoms with Crippen LogP contribution < -0.4 is 15.4 Å². The largest absolute Gasteiger partial charge is 0.480 e. The van der Waals surface area contributed by atoms with Crippen molar-refractivity contribution >= 4 is 5.82 Å². The Bertz CT molecular complexity index is 314. The fourth-order valence-electron chi connectivity index (χ4n) is 1.41. The van der Waals surface area contributed by atoms with Gasteiger partial charge >= 0.3 is 0 Å². The molecule has 1 rings (SSSR count). The van der Waals surface area contributed by atoms with Gasteiger partial charge in [0.2, 0.25) is 5.88 Å². The fraction of sp³-hybridized carbons (Fsp3) is 0.636. The van der Waals surface area contributed by atoms with E-state index >= 15 is 0 Å². The normalized spacial score (nSPS) is 10.3. The summed E-state index contributed by atoms with van der Waals surface area (Å²) in [4.78, 5) is 10.5. The molecule has 0 atom stereocenters. The Morgan fingerprint density at radius 3 is 2.76 bits per heavy atom. The molecule has 0 bridgehead atoms. The number of rotatable bonds is 8. The van der Waals surface area contributed by atoms with Crippen LogP contribution in [0.15, 0.2) is 12.4 Å². The van der Waals surface area contributed by atoms with Crippen molar-refractivity contribution in [1.82, 2.24) is 9.97 Å². The number of nitrogens with two attached hydrogens (primary N) is 1. The van der Waals surface area contributed by atoms with Gasteiger partial charge in [0.1, 0.15) is 0 Å². The van der Waals surface area contributed by atoms with Crippen molar-refractivity contribution in [3.63, 3.8) is 0 Å². The van der Waals surface area contributed by atoms with Gasteiger partial charge in [-0.2, -0.15) is 4.98 Å². The Kier molecular flexibility index (Phi) is 6.27. The molecule has 0 aromatic carbocycles. The van der Waals surface area contributed by atoms with E-state index in [0.29, 0.717) is 19.0 Å². The fourth-order valence-corrected chi connectivity index (χ4v) is 1.41. The Hall–Kier alpha value is -1.40. The highest BCUT2D eigenvalue weighted by atomic mass is 16.5. The van der Waals surface area contributed by atoms with E-state index in [1.807, 2.05) is 0 Å². The second kappa shape index (κ2) is 7.81. The van der Waals surface area contributed by atoms with Gasteiger partial charge in [-0.25, -0.2) is 0 Å². The third-order valence-corrected chi connectivity index (χ3v) is 2.33. The van der Waals surface area contributed by atoms with E-state index in [2.05, 4.69) is 14.9 Å². The smallest absolute Gasteiger partial charge is 0.233 e. The lowest BCUT2D eigenvalue weighted by molar-refractivity contribution is 0.205. The quantitative estimate of drug-likeness (QED) is 0.704. The maximum absolute atomic E-state index is 5.52. The molecule has 0 fully saturated rings. The third-order valence-electron chi connectivity index (χ3n) is 2.33. The van der Waals surface area contributed by atoms with Crippen LogP contribution in [-0.4, -0.2) is 50.4 Å². The van der Waals surface area contributed by atoms with Gasteiger partial charge in [0, 0.05) is 20.2 Å². The Morgan fingerprint density at radius 1 is 1.29 bits per heavy atom. The first-order chi connectivity index (χ1) is 8.31. The molecule has 17 heavy (non-hydrogen) atoms. The van der Waals surface area contributed by atoms with Crippen LogP contribution in [0, 0.1) is 0 Å². The van der Waals surface area contributed by atoms with Crippen LogP contribution in [0.5, 0.6) is 5.88 Å². The summed E-state index contributed by atoms with van der Waals surface area (Å²) in [5.41, 5.74) is 5.52. The van der Waals surface area contributed by atoms with Gasteiger partial charge in [0.15, 0.2) is 5.82 Å². The van der Waals surface area contributed by atoms with E-state index in [1.165, 1.54) is 0 Å². The summed E-state index contributed by atoms with van der Waals surface area (Å²) in [6.45, 7) is 2.89. The highest BCUT2D eigenvalue weighted by Gasteiger charge is 2.08. The van der Waals surface area contributed by atoms with Gasteiger partial charge in [-0.15, -0.1) is 0 Å². The van der Waals surface area contributed by atoms with Crippen molar-refractivity contribution in [1.29, 1.82) is 0 Å². The summed E-state index contributed by atoms with van der Waals surface area (Å²) >= 11 is 0. The molecule has 6 nitrogen and oxygen atoms in total. The Balaban J connectivity index is 2.71. The van der Waals surface area contributed by atoms with Crippen LogP contribution >= 0.6 is 0 Å². The van der Waals surface area contributed by atoms with Crippen molar-refractivity contribution in [2.24, 2.45) is 5.73 Å². The second-order valence-corrected chi connectivity index (χ2v) is 3.54. The SMILES string of the molecule is COCCN(CCCN)c1cncc(OC)n1. The van der Waals surface area contributed by atoms with Crippen molar-refractivity contribution in [2.75, 3.05) is 45.4 Å². The van der Waals surface area contributed by atoms with E-state index in [-0.39, 0.29) is 0 Å². The molecule has 0 aliphatic rings. The van der Waals surface area contributed by atoms with Gasteiger partial charge in [-0.1, -0.05) is 0 Å². The predicted molar refractivity (Wildman–Crippen MR) is 66.3 cm³/mol. The maximum atomic E-state index is 5.52. The maximum Gasteiger partial charge on any atom is 0.233 e. The summed E-state index contributed by atoms with van der Waals surface area (Å²) in [7, 11) is 3.26. The lowest BCUT2D eigenvalue weighted by Gasteiger charge is -2.22. The van der Waals surface area contributed by atoms with Gasteiger partial charge in [0.25, 0.3) is 0 Å². The Morgan fingerprint density at radius 2 is 2.12 bits per heavy atom. The number of hydrogen-bond donors (Lipinski definition) is 1. The second-order valence-electron chi connectivity index (χ2n) is 3.54. The van der Waals surface area contributed by atoms with Crippen LogP contribution in [0.4, 0.5) is 5.82 Å². The zero-order valence-electron chi connectivity index (χ0n) is 10.4. The number of nitrogens with zero attached hydrogens (tertiary/aromatic N) is 3. The lowest BCUT2D eigenvalue weighted by atomic mass is 10.3. The molecule has 1 aromatic rings. The predicted octanol–water partition coefficient (Wildman–Crippen LogP) is 0.287. The average Bonchev–Trinajstić information content (AvgIpc) is 2.39. The molecule has 1 heterocycles. The minimum absolute atomic E-state index is 0.512. The molecule has 0 amide bonds. The van der Waals surface area contributed by atoms with Crippen molar-refractivity contribution in [2.45, 2.75) is 6.42 Å². The van der Waals surface area contributed by atoms with Gasteiger partial charge in [-0.3, -0.25) is 4.98 Å². The van der Waals surface area contributed by atoms with E-state index in [4.69, 9.17) is 15.2 Å². The van der Waals surface area contributed by atoms with Crippen LogP contribution in [0.25, 0.3) is 0 Å². The summed E-state index contributed by atoms with van der Waals surface area (Å²) in [6, 6.07) is 0. The minimum Gasteiger partial charge on any atom is -0.480 e. The van der Waals surface area contributed by atoms with E-state index < -0.39 is 0 Å². The first-order valence-electron chi connectivity index (χ1n) is 5.61. The summed E-state index contributed by atoms with van der Waals surface area (Å²) in [6.07, 6.45) is 4.21. The standard InChI is InChI=1S/C11H20N4O2/c1-16-7-6-15(5-3-4-12)10-8-13-9-11(14-10)17-2/h8-9H,3-7,12H2,1-2H3. The van der Waals surface area contributed by atoms with E-state index in [9.17, 15) is 0 Å². The van der Waals surface area contributed by atoms with Crippen molar-refractivity contribution in [3.05, 3.63) is 12.4 Å². The first-order valence-corrected chi connectivity index (χ1v) is 5.61. The summed E-state index contributed by atoms with van der Waals surface area (Å²) < 4.78 is 10.1. The molecule has 96 valence electrons. The summed E-state index contributed by atoms with van der Waals surface area (Å²) in [5, 5.41) is 0. The third kappa shape index (κ3) is 4.54. The van der Waals surface area contributed by atoms with Crippen molar-refractivity contribution in [3.8, 4) is 5.88 Å². The highest BCUT2D eigenvalue weighted by Crippen LogP contribution is 2.13. The van der Waals surface area contributed by atoms with Gasteiger partial charge in [-0.05, 0) is 13.0 Å². The molecule has 0 saturated heterocycles. The molecule has 0 unspecified atom stereocenters. The zero-order valence-corrected chi connectivity index (χ0v) is 10.4. The molecule has 0 saturated carbocycles. The lowest BCUT2D eigenvalue weighted by Crippen LogP contribution is -2.30. The van der Waals surface area contributed by atoms with Crippen LogP contribution in [0.1, 0.15) is 6.42 Å². The zero-order chi connectivity index (χ0) is 12.5. The van der Waals surface area contributed by atoms with Gasteiger partial charge in [0.05, 0.1) is 26.1 Å². The molecule has 1 aromatic heterocycles. The Labute approximate surface area is 102 Å². The first kappa shape index (κ1) is 13.7. The van der Waals surface area contributed by atoms with Crippen LogP contribution in [-0.2, 0) is 4.74 Å². The van der Waals surface area contributed by atoms with Crippen LogP contribution in [0.2, 0.25) is 0 Å². The average molecular weight is 240 g/mol. The van der Waals surface area contributed by atoms with E-state index in [1.54, 1.807) is 26.6 Å². The van der Waals surface area contributed by atoms with Crippen molar-refractivity contribution < 1.29 is 9.47 Å². The number of methoxy groups -OCH3 is 2. The molecular formula is C11H20N4O2. The van der Waals surface area contributed by atoms with Crippen LogP contribution in [0.3, 0.4) is 0 Å². The number of anilines is 1. The number of aromatic nitrogens is 2. The molecular weight excluding hydrogens is 220 g/mol. The molecule has 0 radical (unpaired) electrons. The minimum atomic E-state index is 0.512. The summed E-state index contributed by atoms with van der Waals surface area (Å²) in [5.74, 6) is 1.30. The topological polar surface area (TPSA) is 73.5 Å². The van der Waals surface area contributed by atoms with Gasteiger partial charge < -0.3 is 20.1 Å². The monoisotopic (exact) mass is 240 g/mol. The van der Waals surface area contributed by atoms with E-state index in [0.717, 1.165) is 25.3 Å². The molecule has 0 aliphatic heterocycles. The number of hydrogen-bond acceptors (Lipinski definition) is 6. The molecule has 2 N–H and O–H groups in total. The number of ether oxygens (including phenoxy) is 2. The molecule has 6 heteroatoms. The molecule has 0 spiro atoms. The highest BCUT2D eigenvalue weighted by molar-refractivity contribution is 5.37.